The van der Waals surface area contributed by atoms with Crippen LogP contribution in [-0.2, 0) is 4.79 Å². The molecule has 0 aromatic carbocycles. The van der Waals surface area contributed by atoms with E-state index in [4.69, 9.17) is 5.73 Å². The van der Waals surface area contributed by atoms with Crippen molar-refractivity contribution in [1.82, 2.24) is 0 Å². The van der Waals surface area contributed by atoms with Crippen molar-refractivity contribution in [1.29, 1.82) is 0 Å². The minimum atomic E-state index is -0.375. The van der Waals surface area contributed by atoms with Gasteiger partial charge < -0.3 is 5.73 Å². The maximum atomic E-state index is 11.0. The largest absolute Gasteiger partial charge is 0.321 e. The van der Waals surface area contributed by atoms with Crippen LogP contribution in [0.1, 0.15) is 13.3 Å². The van der Waals surface area contributed by atoms with E-state index < -0.39 is 0 Å². The number of nitrogens with two attached hydrogens (primary N) is 1. The summed E-state index contributed by atoms with van der Waals surface area (Å²) < 4.78 is 0. The van der Waals surface area contributed by atoms with Crippen LogP contribution >= 0.6 is 0 Å². The summed E-state index contributed by atoms with van der Waals surface area (Å²) in [6.07, 6.45) is 0.632. The molecule has 0 heterocycles. The molecule has 3 nitrogen and oxygen atoms in total. The van der Waals surface area contributed by atoms with Gasteiger partial charge in [0.05, 0.1) is 6.04 Å². The van der Waals surface area contributed by atoms with Crippen LogP contribution in [0.5, 0.6) is 0 Å². The first-order chi connectivity index (χ1) is 4.66. The van der Waals surface area contributed by atoms with Crippen molar-refractivity contribution in [3.8, 4) is 0 Å². The molecule has 0 fully saturated rings. The summed E-state index contributed by atoms with van der Waals surface area (Å²) >= 11 is 0. The fraction of sp³-hybridized carbons (Fsp3) is 0.429. The molecule has 0 aromatic heterocycles. The lowest BCUT2D eigenvalue weighted by atomic mass is 10.2. The van der Waals surface area contributed by atoms with Crippen LogP contribution in [-0.4, -0.2) is 18.5 Å². The van der Waals surface area contributed by atoms with Gasteiger partial charge in [0.2, 0.25) is 0 Å². The van der Waals surface area contributed by atoms with E-state index in [2.05, 4.69) is 11.7 Å². The van der Waals surface area contributed by atoms with Gasteiger partial charge in [0.1, 0.15) is 5.70 Å². The minimum Gasteiger partial charge on any atom is -0.321 e. The molecule has 0 saturated heterocycles. The Kier molecular flexibility index (Phi) is 1.68. The van der Waals surface area contributed by atoms with E-state index in [0.717, 1.165) is 5.57 Å². The second-order valence-corrected chi connectivity index (χ2v) is 2.46. The van der Waals surface area contributed by atoms with Gasteiger partial charge in [-0.3, -0.25) is 9.79 Å². The summed E-state index contributed by atoms with van der Waals surface area (Å²) in [5.74, 6) is -0.0764. The zero-order chi connectivity index (χ0) is 7.72. The zero-order valence-corrected chi connectivity index (χ0v) is 5.92. The third kappa shape index (κ3) is 0.885. The molecule has 3 heteroatoms. The molecule has 54 valence electrons. The first kappa shape index (κ1) is 7.15. The van der Waals surface area contributed by atoms with Gasteiger partial charge in [-0.15, -0.1) is 0 Å². The molecule has 0 radical (unpaired) electrons. The Labute approximate surface area is 59.6 Å². The van der Waals surface area contributed by atoms with Crippen molar-refractivity contribution in [2.45, 2.75) is 19.4 Å². The average molecular weight is 138 g/mol. The Morgan fingerprint density at radius 3 is 2.60 bits per heavy atom. The number of hydrogen-bond donors (Lipinski definition) is 1. The molecule has 0 aromatic rings. The summed E-state index contributed by atoms with van der Waals surface area (Å²) in [4.78, 5) is 14.6. The fourth-order valence-electron chi connectivity index (χ4n) is 1.12. The molecule has 1 aliphatic rings. The molecule has 1 unspecified atom stereocenters. The molecule has 10 heavy (non-hydrogen) atoms. The van der Waals surface area contributed by atoms with Gasteiger partial charge in [-0.25, -0.2) is 0 Å². The van der Waals surface area contributed by atoms with Gasteiger partial charge in [-0.2, -0.15) is 0 Å². The number of rotatable bonds is 1. The highest BCUT2D eigenvalue weighted by molar-refractivity contribution is 6.02. The van der Waals surface area contributed by atoms with E-state index in [-0.39, 0.29) is 11.8 Å². The first-order valence-corrected chi connectivity index (χ1v) is 3.13. The molecular formula is C7H10N2O. The predicted octanol–water partition coefficient (Wildman–Crippen LogP) is 0.261. The number of Topliss-reactive ketones (excluding diaryl/α,β-unsaturated/α-hetero) is 1. The van der Waals surface area contributed by atoms with Crippen molar-refractivity contribution in [2.24, 2.45) is 10.7 Å². The van der Waals surface area contributed by atoms with E-state index in [1.807, 2.05) is 6.92 Å². The Morgan fingerprint density at radius 2 is 2.40 bits per heavy atom. The molecule has 2 N–H and O–H groups in total. The highest BCUT2D eigenvalue weighted by Gasteiger charge is 2.26. The van der Waals surface area contributed by atoms with Gasteiger partial charge in [0.15, 0.2) is 5.78 Å². The van der Waals surface area contributed by atoms with E-state index in [0.29, 0.717) is 12.1 Å². The number of carbonyl (C=O) groups is 1. The Bertz CT molecular complexity index is 218. The van der Waals surface area contributed by atoms with Crippen LogP contribution in [0.2, 0.25) is 0 Å². The highest BCUT2D eigenvalue weighted by atomic mass is 16.1. The lowest BCUT2D eigenvalue weighted by molar-refractivity contribution is -0.116. The SMILES string of the molecule is C=NC1=C(C)CC(N)C1=O. The highest BCUT2D eigenvalue weighted by Crippen LogP contribution is 2.21. The number of ketones is 1. The Morgan fingerprint density at radius 1 is 1.80 bits per heavy atom. The fourth-order valence-corrected chi connectivity index (χ4v) is 1.12. The summed E-state index contributed by atoms with van der Waals surface area (Å²) in [7, 11) is 0. The molecule has 0 bridgehead atoms. The Hall–Kier alpha value is -0.960. The van der Waals surface area contributed by atoms with Crippen molar-refractivity contribution in [3.63, 3.8) is 0 Å². The molecule has 1 rings (SSSR count). The average Bonchev–Trinajstić information content (AvgIpc) is 2.09. The standard InChI is InChI=1S/C7H10N2O/c1-4-3-5(8)7(10)6(4)9-2/h5H,2-3,8H2,1H3. The molecule has 0 aliphatic heterocycles. The molecule has 0 saturated carbocycles. The summed E-state index contributed by atoms with van der Waals surface area (Å²) in [6, 6.07) is -0.375. The molecule has 1 atom stereocenters. The quantitative estimate of drug-likeness (QED) is 0.528. The van der Waals surface area contributed by atoms with Crippen LogP contribution in [0, 0.1) is 0 Å². The van der Waals surface area contributed by atoms with Gasteiger partial charge in [-0.05, 0) is 25.6 Å². The van der Waals surface area contributed by atoms with Crippen LogP contribution in [0.15, 0.2) is 16.3 Å². The number of hydrogen-bond acceptors (Lipinski definition) is 3. The second-order valence-electron chi connectivity index (χ2n) is 2.46. The minimum absolute atomic E-state index is 0.0764. The number of aliphatic imine (C=N–C) groups is 1. The van der Waals surface area contributed by atoms with Crippen LogP contribution in [0.4, 0.5) is 0 Å². The van der Waals surface area contributed by atoms with Crippen LogP contribution in [0.25, 0.3) is 0 Å². The van der Waals surface area contributed by atoms with Crippen molar-refractivity contribution < 1.29 is 4.79 Å². The zero-order valence-electron chi connectivity index (χ0n) is 5.92. The topological polar surface area (TPSA) is 55.4 Å². The van der Waals surface area contributed by atoms with Crippen molar-refractivity contribution in [3.05, 3.63) is 11.3 Å². The molecule has 0 spiro atoms. The molecule has 0 amide bonds. The second kappa shape index (κ2) is 2.34. The third-order valence-corrected chi connectivity index (χ3v) is 1.66. The third-order valence-electron chi connectivity index (χ3n) is 1.66. The van der Waals surface area contributed by atoms with Gasteiger partial charge in [0.25, 0.3) is 0 Å². The molecular weight excluding hydrogens is 128 g/mol. The number of carbonyl (C=O) groups excluding carboxylic acids is 1. The van der Waals surface area contributed by atoms with Crippen LogP contribution in [0.3, 0.4) is 0 Å². The van der Waals surface area contributed by atoms with Gasteiger partial charge >= 0.3 is 0 Å². The number of nitrogens with zero attached hydrogens (tertiary/aromatic N) is 1. The van der Waals surface area contributed by atoms with E-state index >= 15 is 0 Å². The first-order valence-electron chi connectivity index (χ1n) is 3.13. The summed E-state index contributed by atoms with van der Waals surface area (Å²) in [6.45, 7) is 5.15. The summed E-state index contributed by atoms with van der Waals surface area (Å²) in [5.41, 5.74) is 6.87. The van der Waals surface area contributed by atoms with Crippen molar-refractivity contribution in [2.75, 3.05) is 0 Å². The predicted molar refractivity (Wildman–Crippen MR) is 39.8 cm³/mol. The summed E-state index contributed by atoms with van der Waals surface area (Å²) in [5, 5.41) is 0. The van der Waals surface area contributed by atoms with Gasteiger partial charge in [0, 0.05) is 0 Å². The van der Waals surface area contributed by atoms with E-state index in [9.17, 15) is 4.79 Å². The normalized spacial score (nSPS) is 25.8. The lowest BCUT2D eigenvalue weighted by Crippen LogP contribution is -2.26. The Balaban J connectivity index is 2.95. The monoisotopic (exact) mass is 138 g/mol. The molecule has 1 aliphatic carbocycles. The lowest BCUT2D eigenvalue weighted by Gasteiger charge is -1.95. The maximum absolute atomic E-state index is 11.0. The van der Waals surface area contributed by atoms with Crippen LogP contribution < -0.4 is 5.73 Å². The maximum Gasteiger partial charge on any atom is 0.198 e. The van der Waals surface area contributed by atoms with Crippen molar-refractivity contribution >= 4 is 12.5 Å². The van der Waals surface area contributed by atoms with E-state index in [1.165, 1.54) is 0 Å². The smallest absolute Gasteiger partial charge is 0.198 e. The van der Waals surface area contributed by atoms with E-state index in [1.54, 1.807) is 0 Å². The van der Waals surface area contributed by atoms with Gasteiger partial charge in [-0.1, -0.05) is 0 Å².